The predicted molar refractivity (Wildman–Crippen MR) is 75.0 cm³/mol. The van der Waals surface area contributed by atoms with Crippen LogP contribution in [0.4, 0.5) is 0 Å². The van der Waals surface area contributed by atoms with Crippen molar-refractivity contribution in [2.45, 2.75) is 44.4 Å². The molecule has 0 aliphatic carbocycles. The topological polar surface area (TPSA) is 64.1 Å². The Balaban J connectivity index is 2.29. The zero-order chi connectivity index (χ0) is 14.0. The molecule has 0 atom stereocenters. The largest absolute Gasteiger partial charge is 0.464 e. The van der Waals surface area contributed by atoms with Crippen LogP contribution in [0.1, 0.15) is 48.3 Å². The molecule has 5 nitrogen and oxygen atoms in total. The lowest BCUT2D eigenvalue weighted by molar-refractivity contribution is 0.0592. The van der Waals surface area contributed by atoms with Crippen LogP contribution in [0.15, 0.2) is 0 Å². The number of esters is 1. The molecule has 1 aliphatic rings. The standard InChI is InChI=1S/C13H19N3O2S/c1-13(2,3)19-7-10-15-9-6-14-5-8(9)11(16-10)12(17)18-4/h14H,5-7H2,1-4H3. The number of carbonyl (C=O) groups excluding carboxylic acids is 1. The zero-order valence-corrected chi connectivity index (χ0v) is 12.6. The fourth-order valence-corrected chi connectivity index (χ4v) is 2.52. The van der Waals surface area contributed by atoms with Crippen LogP contribution in [0.3, 0.4) is 0 Å². The van der Waals surface area contributed by atoms with Crippen LogP contribution < -0.4 is 5.32 Å². The maximum Gasteiger partial charge on any atom is 0.357 e. The van der Waals surface area contributed by atoms with Crippen molar-refractivity contribution < 1.29 is 9.53 Å². The minimum atomic E-state index is -0.385. The van der Waals surface area contributed by atoms with E-state index in [1.54, 1.807) is 11.8 Å². The highest BCUT2D eigenvalue weighted by Crippen LogP contribution is 2.27. The van der Waals surface area contributed by atoms with Crippen LogP contribution in [0.5, 0.6) is 0 Å². The van der Waals surface area contributed by atoms with Gasteiger partial charge < -0.3 is 10.1 Å². The fourth-order valence-electron chi connectivity index (χ4n) is 1.83. The Bertz CT molecular complexity index is 497. The molecule has 6 heteroatoms. The summed E-state index contributed by atoms with van der Waals surface area (Å²) in [4.78, 5) is 20.7. The number of carbonyl (C=O) groups is 1. The molecule has 0 aromatic carbocycles. The number of fused-ring (bicyclic) bond motifs is 1. The number of methoxy groups -OCH3 is 1. The smallest absolute Gasteiger partial charge is 0.357 e. The second-order valence-electron chi connectivity index (χ2n) is 5.41. The lowest BCUT2D eigenvalue weighted by Gasteiger charge is -2.17. The molecule has 1 N–H and O–H groups in total. The van der Waals surface area contributed by atoms with Crippen molar-refractivity contribution in [3.05, 3.63) is 22.8 Å². The molecule has 0 bridgehead atoms. The van der Waals surface area contributed by atoms with E-state index in [1.807, 2.05) is 0 Å². The van der Waals surface area contributed by atoms with Gasteiger partial charge in [0.15, 0.2) is 5.69 Å². The number of ether oxygens (including phenoxy) is 1. The van der Waals surface area contributed by atoms with Gasteiger partial charge in [-0.1, -0.05) is 20.8 Å². The van der Waals surface area contributed by atoms with E-state index in [4.69, 9.17) is 4.74 Å². The summed E-state index contributed by atoms with van der Waals surface area (Å²) >= 11 is 1.76. The summed E-state index contributed by atoms with van der Waals surface area (Å²) in [5.74, 6) is 1.01. The van der Waals surface area contributed by atoms with Crippen molar-refractivity contribution in [1.82, 2.24) is 15.3 Å². The highest BCUT2D eigenvalue weighted by atomic mass is 32.2. The Kier molecular flexibility index (Phi) is 4.10. The minimum Gasteiger partial charge on any atom is -0.464 e. The molecule has 0 saturated heterocycles. The molecule has 104 valence electrons. The summed E-state index contributed by atoms with van der Waals surface area (Å²) in [6.45, 7) is 7.76. The van der Waals surface area contributed by atoms with Crippen LogP contribution in [0, 0.1) is 0 Å². The van der Waals surface area contributed by atoms with Crippen molar-refractivity contribution in [3.8, 4) is 0 Å². The quantitative estimate of drug-likeness (QED) is 0.854. The van der Waals surface area contributed by atoms with Gasteiger partial charge >= 0.3 is 5.97 Å². The van der Waals surface area contributed by atoms with Gasteiger partial charge in [0.25, 0.3) is 0 Å². The first-order valence-corrected chi connectivity index (χ1v) is 7.21. The van der Waals surface area contributed by atoms with Gasteiger partial charge in [0.1, 0.15) is 5.82 Å². The van der Waals surface area contributed by atoms with E-state index < -0.39 is 0 Å². The Morgan fingerprint density at radius 3 is 2.74 bits per heavy atom. The highest BCUT2D eigenvalue weighted by Gasteiger charge is 2.24. The summed E-state index contributed by atoms with van der Waals surface area (Å²) in [5.41, 5.74) is 2.19. The van der Waals surface area contributed by atoms with Crippen molar-refractivity contribution in [1.29, 1.82) is 0 Å². The molecule has 0 saturated carbocycles. The maximum absolute atomic E-state index is 11.8. The molecular weight excluding hydrogens is 262 g/mol. The Labute approximate surface area is 117 Å². The Hall–Kier alpha value is -1.14. The van der Waals surface area contributed by atoms with Gasteiger partial charge in [-0.15, -0.1) is 11.8 Å². The molecule has 0 fully saturated rings. The van der Waals surface area contributed by atoms with Crippen molar-refractivity contribution >= 4 is 17.7 Å². The Morgan fingerprint density at radius 2 is 2.11 bits per heavy atom. The molecule has 2 heterocycles. The highest BCUT2D eigenvalue weighted by molar-refractivity contribution is 7.99. The van der Waals surface area contributed by atoms with Gasteiger partial charge in [0.05, 0.1) is 18.6 Å². The van der Waals surface area contributed by atoms with Crippen molar-refractivity contribution in [3.63, 3.8) is 0 Å². The third kappa shape index (κ3) is 3.45. The van der Waals surface area contributed by atoms with E-state index in [-0.39, 0.29) is 10.7 Å². The molecule has 0 spiro atoms. The van der Waals surface area contributed by atoms with Gasteiger partial charge in [-0.25, -0.2) is 14.8 Å². The van der Waals surface area contributed by atoms with Gasteiger partial charge in [-0.05, 0) is 0 Å². The second kappa shape index (κ2) is 5.46. The summed E-state index contributed by atoms with van der Waals surface area (Å²) in [5, 5.41) is 3.19. The lowest BCUT2D eigenvalue weighted by atomic mass is 10.2. The van der Waals surface area contributed by atoms with E-state index in [0.29, 0.717) is 30.4 Å². The molecule has 2 rings (SSSR count). The fraction of sp³-hybridized carbons (Fsp3) is 0.615. The molecule has 1 aliphatic heterocycles. The number of thioether (sulfide) groups is 1. The van der Waals surface area contributed by atoms with Crippen LogP contribution in [0.2, 0.25) is 0 Å². The normalized spacial score (nSPS) is 14.3. The van der Waals surface area contributed by atoms with E-state index >= 15 is 0 Å². The number of nitrogens with one attached hydrogen (secondary N) is 1. The summed E-state index contributed by atoms with van der Waals surface area (Å²) in [6, 6.07) is 0. The van der Waals surface area contributed by atoms with E-state index in [0.717, 1.165) is 11.3 Å². The first kappa shape index (κ1) is 14.3. The average molecular weight is 281 g/mol. The summed E-state index contributed by atoms with van der Waals surface area (Å²) in [7, 11) is 1.38. The lowest BCUT2D eigenvalue weighted by Crippen LogP contribution is -2.14. The van der Waals surface area contributed by atoms with Crippen LogP contribution in [-0.4, -0.2) is 27.8 Å². The zero-order valence-electron chi connectivity index (χ0n) is 11.7. The molecule has 1 aromatic rings. The SMILES string of the molecule is COC(=O)c1nc(CSC(C)(C)C)nc2c1CNC2. The number of rotatable bonds is 3. The maximum atomic E-state index is 11.8. The predicted octanol–water partition coefficient (Wildman–Crippen LogP) is 1.90. The molecular formula is C13H19N3O2S. The first-order valence-electron chi connectivity index (χ1n) is 6.22. The van der Waals surface area contributed by atoms with Gasteiger partial charge in [-0.3, -0.25) is 0 Å². The number of hydrogen-bond acceptors (Lipinski definition) is 6. The number of nitrogens with zero attached hydrogens (tertiary/aromatic N) is 2. The van der Waals surface area contributed by atoms with Crippen molar-refractivity contribution in [2.75, 3.05) is 7.11 Å². The third-order valence-electron chi connectivity index (χ3n) is 2.75. The molecule has 0 amide bonds. The number of aromatic nitrogens is 2. The molecule has 1 aromatic heterocycles. The minimum absolute atomic E-state index is 0.145. The number of hydrogen-bond donors (Lipinski definition) is 1. The second-order valence-corrected chi connectivity index (χ2v) is 7.21. The van der Waals surface area contributed by atoms with Gasteiger partial charge in [0.2, 0.25) is 0 Å². The first-order chi connectivity index (χ1) is 8.90. The monoisotopic (exact) mass is 281 g/mol. The van der Waals surface area contributed by atoms with E-state index in [9.17, 15) is 4.79 Å². The van der Waals surface area contributed by atoms with Crippen LogP contribution >= 0.6 is 11.8 Å². The van der Waals surface area contributed by atoms with E-state index in [2.05, 4.69) is 36.1 Å². The van der Waals surface area contributed by atoms with Gasteiger partial charge in [0, 0.05) is 23.4 Å². The molecule has 0 radical (unpaired) electrons. The van der Waals surface area contributed by atoms with Crippen molar-refractivity contribution in [2.24, 2.45) is 0 Å². The van der Waals surface area contributed by atoms with Gasteiger partial charge in [-0.2, -0.15) is 0 Å². The Morgan fingerprint density at radius 1 is 1.37 bits per heavy atom. The summed E-state index contributed by atoms with van der Waals surface area (Å²) < 4.78 is 4.94. The van der Waals surface area contributed by atoms with E-state index in [1.165, 1.54) is 7.11 Å². The third-order valence-corrected chi connectivity index (χ3v) is 4.01. The molecule has 19 heavy (non-hydrogen) atoms. The van der Waals surface area contributed by atoms with Crippen LogP contribution in [0.25, 0.3) is 0 Å². The molecule has 0 unspecified atom stereocenters. The van der Waals surface area contributed by atoms with Crippen LogP contribution in [-0.2, 0) is 23.6 Å². The summed E-state index contributed by atoms with van der Waals surface area (Å²) in [6.07, 6.45) is 0. The average Bonchev–Trinajstić information content (AvgIpc) is 2.81.